The Balaban J connectivity index is 1.36. The van der Waals surface area contributed by atoms with Crippen molar-refractivity contribution >= 4 is 21.6 Å². The molecule has 2 atom stereocenters. The first kappa shape index (κ1) is 20.8. The summed E-state index contributed by atoms with van der Waals surface area (Å²) in [5.41, 5.74) is 2.82. The van der Waals surface area contributed by atoms with Gasteiger partial charge in [0.15, 0.2) is 0 Å². The second kappa shape index (κ2) is 7.98. The number of anilines is 1. The van der Waals surface area contributed by atoms with Crippen LogP contribution in [-0.4, -0.2) is 72.7 Å². The first-order valence-corrected chi connectivity index (χ1v) is 12.4. The van der Waals surface area contributed by atoms with Gasteiger partial charge in [0.05, 0.1) is 24.4 Å². The summed E-state index contributed by atoms with van der Waals surface area (Å²) in [5.74, 6) is -0.102. The molecule has 8 heteroatoms. The summed E-state index contributed by atoms with van der Waals surface area (Å²) in [7, 11) is -3.36. The van der Waals surface area contributed by atoms with E-state index >= 15 is 0 Å². The number of piperidine rings is 1. The minimum Gasteiger partial charge on any atom is -0.390 e. The molecule has 4 rings (SSSR count). The largest absolute Gasteiger partial charge is 0.390 e. The maximum absolute atomic E-state index is 12.6. The van der Waals surface area contributed by atoms with Crippen LogP contribution in [-0.2, 0) is 27.7 Å². The van der Waals surface area contributed by atoms with E-state index < -0.39 is 21.7 Å². The SMILES string of the molecule is CS(=O)(=O)N1CCC[C@@]12CCN(CC(=O)Nc1ccc3c(c1)CCCC3)C[C@@H]2O. The smallest absolute Gasteiger partial charge is 0.238 e. The number of aliphatic hydroxyl groups excluding tert-OH is 1. The molecule has 1 spiro atoms. The van der Waals surface area contributed by atoms with Crippen molar-refractivity contribution in [1.82, 2.24) is 9.21 Å². The molecule has 2 aliphatic heterocycles. The highest BCUT2D eigenvalue weighted by molar-refractivity contribution is 7.88. The standard InChI is InChI=1S/C21H31N3O4S/c1-29(27,28)24-11-4-9-21(24)10-12-23(14-19(21)25)15-20(26)22-18-8-7-16-5-2-3-6-17(16)13-18/h7-8,13,19,25H,2-6,9-12,14-15H2,1H3,(H,22,26)/t19-,21-/m0/s1. The molecular weight excluding hydrogens is 390 g/mol. The van der Waals surface area contributed by atoms with Crippen LogP contribution in [0.2, 0.25) is 0 Å². The fourth-order valence-corrected chi connectivity index (χ4v) is 6.76. The van der Waals surface area contributed by atoms with E-state index in [0.29, 0.717) is 32.5 Å². The van der Waals surface area contributed by atoms with Gasteiger partial charge in [-0.1, -0.05) is 6.07 Å². The Morgan fingerprint density at radius 1 is 1.17 bits per heavy atom. The first-order chi connectivity index (χ1) is 13.8. The van der Waals surface area contributed by atoms with Crippen molar-refractivity contribution in [3.05, 3.63) is 29.3 Å². The van der Waals surface area contributed by atoms with Gasteiger partial charge in [0.1, 0.15) is 0 Å². The minimum atomic E-state index is -3.36. The molecule has 0 unspecified atom stereocenters. The second-order valence-electron chi connectivity index (χ2n) is 8.78. The van der Waals surface area contributed by atoms with Crippen LogP contribution in [0.3, 0.4) is 0 Å². The van der Waals surface area contributed by atoms with Crippen LogP contribution in [0.4, 0.5) is 5.69 Å². The normalized spacial score (nSPS) is 28.4. The van der Waals surface area contributed by atoms with Gasteiger partial charge in [0.25, 0.3) is 0 Å². The zero-order valence-electron chi connectivity index (χ0n) is 17.1. The van der Waals surface area contributed by atoms with Crippen LogP contribution in [0.1, 0.15) is 43.2 Å². The number of sulfonamides is 1. The molecular formula is C21H31N3O4S. The monoisotopic (exact) mass is 421 g/mol. The molecule has 2 fully saturated rings. The molecule has 29 heavy (non-hydrogen) atoms. The molecule has 7 nitrogen and oxygen atoms in total. The van der Waals surface area contributed by atoms with E-state index in [1.165, 1.54) is 34.5 Å². The van der Waals surface area contributed by atoms with Crippen LogP contribution in [0.15, 0.2) is 18.2 Å². The molecule has 2 saturated heterocycles. The number of β-amino-alcohol motifs (C(OH)–C–C–N with tert-alkyl or cyclic N) is 1. The fourth-order valence-electron chi connectivity index (χ4n) is 5.34. The van der Waals surface area contributed by atoms with Crippen LogP contribution in [0.25, 0.3) is 0 Å². The molecule has 0 bridgehead atoms. The van der Waals surface area contributed by atoms with Crippen LogP contribution in [0, 0.1) is 0 Å². The maximum Gasteiger partial charge on any atom is 0.238 e. The zero-order valence-corrected chi connectivity index (χ0v) is 17.9. The van der Waals surface area contributed by atoms with Crippen molar-refractivity contribution < 1.29 is 18.3 Å². The lowest BCUT2D eigenvalue weighted by Gasteiger charge is -2.47. The van der Waals surface area contributed by atoms with Crippen molar-refractivity contribution in [2.75, 3.05) is 37.8 Å². The Labute approximate surface area is 173 Å². The third-order valence-electron chi connectivity index (χ3n) is 6.78. The topological polar surface area (TPSA) is 90.0 Å². The molecule has 1 aromatic rings. The number of amides is 1. The number of carbonyl (C=O) groups is 1. The number of nitrogens with zero attached hydrogens (tertiary/aromatic N) is 2. The average molecular weight is 422 g/mol. The van der Waals surface area contributed by atoms with Crippen molar-refractivity contribution in [1.29, 1.82) is 0 Å². The predicted octanol–water partition coefficient (Wildman–Crippen LogP) is 1.36. The number of fused-ring (bicyclic) bond motifs is 1. The van der Waals surface area contributed by atoms with Crippen molar-refractivity contribution in [2.24, 2.45) is 0 Å². The van der Waals surface area contributed by atoms with E-state index in [4.69, 9.17) is 0 Å². The number of hydrogen-bond acceptors (Lipinski definition) is 5. The van der Waals surface area contributed by atoms with Gasteiger partial charge in [-0.15, -0.1) is 0 Å². The maximum atomic E-state index is 12.6. The molecule has 0 aromatic heterocycles. The highest BCUT2D eigenvalue weighted by Crippen LogP contribution is 2.40. The first-order valence-electron chi connectivity index (χ1n) is 10.6. The molecule has 1 aromatic carbocycles. The summed E-state index contributed by atoms with van der Waals surface area (Å²) in [6.07, 6.45) is 7.02. The number of benzene rings is 1. The summed E-state index contributed by atoms with van der Waals surface area (Å²) >= 11 is 0. The minimum absolute atomic E-state index is 0.102. The quantitative estimate of drug-likeness (QED) is 0.766. The number of rotatable bonds is 4. The lowest BCUT2D eigenvalue weighted by atomic mass is 9.83. The van der Waals surface area contributed by atoms with E-state index in [0.717, 1.165) is 24.9 Å². The number of aliphatic hydroxyl groups is 1. The highest BCUT2D eigenvalue weighted by atomic mass is 32.2. The number of nitrogens with one attached hydrogen (secondary N) is 1. The summed E-state index contributed by atoms with van der Waals surface area (Å²) < 4.78 is 25.8. The number of carbonyl (C=O) groups excluding carboxylic acids is 1. The van der Waals surface area contributed by atoms with Gasteiger partial charge in [-0.2, -0.15) is 4.31 Å². The number of hydrogen-bond donors (Lipinski definition) is 2. The van der Waals surface area contributed by atoms with Crippen LogP contribution < -0.4 is 5.32 Å². The average Bonchev–Trinajstić information content (AvgIpc) is 3.10. The number of likely N-dealkylation sites (tertiary alicyclic amines) is 1. The molecule has 0 radical (unpaired) electrons. The van der Waals surface area contributed by atoms with E-state index in [1.54, 1.807) is 0 Å². The zero-order chi connectivity index (χ0) is 20.6. The Hall–Kier alpha value is -1.48. The van der Waals surface area contributed by atoms with Gasteiger partial charge in [-0.05, 0) is 68.2 Å². The Morgan fingerprint density at radius 2 is 1.93 bits per heavy atom. The van der Waals surface area contributed by atoms with Gasteiger partial charge >= 0.3 is 0 Å². The molecule has 3 aliphatic rings. The van der Waals surface area contributed by atoms with Gasteiger partial charge in [0.2, 0.25) is 15.9 Å². The highest BCUT2D eigenvalue weighted by Gasteiger charge is 2.52. The van der Waals surface area contributed by atoms with Gasteiger partial charge in [-0.25, -0.2) is 8.42 Å². The lowest BCUT2D eigenvalue weighted by Crippen LogP contribution is -2.63. The Kier molecular flexibility index (Phi) is 5.72. The third-order valence-corrected chi connectivity index (χ3v) is 8.13. The number of aryl methyl sites for hydroxylation is 2. The molecule has 0 saturated carbocycles. The second-order valence-corrected chi connectivity index (χ2v) is 10.7. The summed E-state index contributed by atoms with van der Waals surface area (Å²) in [6, 6.07) is 6.15. The van der Waals surface area contributed by atoms with Crippen LogP contribution >= 0.6 is 0 Å². The Morgan fingerprint density at radius 3 is 2.66 bits per heavy atom. The molecule has 1 aliphatic carbocycles. The molecule has 1 amide bonds. The molecule has 160 valence electrons. The summed E-state index contributed by atoms with van der Waals surface area (Å²) in [4.78, 5) is 14.5. The van der Waals surface area contributed by atoms with Gasteiger partial charge in [-0.3, -0.25) is 9.69 Å². The Bertz CT molecular complexity index is 888. The third kappa shape index (κ3) is 4.21. The van der Waals surface area contributed by atoms with Gasteiger partial charge in [0, 0.05) is 25.3 Å². The lowest BCUT2D eigenvalue weighted by molar-refractivity contribution is -0.119. The van der Waals surface area contributed by atoms with E-state index in [1.807, 2.05) is 11.0 Å². The van der Waals surface area contributed by atoms with Crippen molar-refractivity contribution in [3.63, 3.8) is 0 Å². The van der Waals surface area contributed by atoms with Crippen LogP contribution in [0.5, 0.6) is 0 Å². The van der Waals surface area contributed by atoms with E-state index in [2.05, 4.69) is 17.4 Å². The molecule has 2 heterocycles. The predicted molar refractivity (Wildman–Crippen MR) is 112 cm³/mol. The van der Waals surface area contributed by atoms with E-state index in [-0.39, 0.29) is 12.5 Å². The van der Waals surface area contributed by atoms with E-state index in [9.17, 15) is 18.3 Å². The summed E-state index contributed by atoms with van der Waals surface area (Å²) in [5, 5.41) is 13.8. The molecule has 2 N–H and O–H groups in total. The fraction of sp³-hybridized carbons (Fsp3) is 0.667. The summed E-state index contributed by atoms with van der Waals surface area (Å²) in [6.45, 7) is 1.57. The van der Waals surface area contributed by atoms with Gasteiger partial charge < -0.3 is 10.4 Å². The van der Waals surface area contributed by atoms with Crippen molar-refractivity contribution in [2.45, 2.75) is 56.6 Å². The van der Waals surface area contributed by atoms with Crippen molar-refractivity contribution in [3.8, 4) is 0 Å².